The molecule has 0 aliphatic carbocycles. The number of ether oxygens (including phenoxy) is 1. The summed E-state index contributed by atoms with van der Waals surface area (Å²) in [5.74, 6) is -0.307. The van der Waals surface area contributed by atoms with Crippen molar-refractivity contribution in [2.45, 2.75) is 123 Å². The van der Waals surface area contributed by atoms with Gasteiger partial charge in [-0.25, -0.2) is 0 Å². The zero-order valence-electron chi connectivity index (χ0n) is 16.3. The SMILES string of the molecule is CCCCCCC(O)CCCCCCCCCCC(=O)OC(C)O.[Au]. The van der Waals surface area contributed by atoms with Gasteiger partial charge in [0.05, 0.1) is 6.10 Å². The van der Waals surface area contributed by atoms with Crippen molar-refractivity contribution in [3.8, 4) is 0 Å². The number of carbonyl (C=O) groups is 1. The molecule has 0 aromatic carbocycles. The van der Waals surface area contributed by atoms with Gasteiger partial charge >= 0.3 is 5.97 Å². The van der Waals surface area contributed by atoms with E-state index in [2.05, 4.69) is 11.7 Å². The molecule has 2 unspecified atom stereocenters. The minimum Gasteiger partial charge on any atom is -0.436 e. The third-order valence-corrected chi connectivity index (χ3v) is 4.36. The van der Waals surface area contributed by atoms with Crippen LogP contribution in [0.5, 0.6) is 0 Å². The molecule has 0 amide bonds. The Hall–Kier alpha value is 0.130. The molecule has 155 valence electrons. The molecule has 1 radical (unpaired) electrons. The van der Waals surface area contributed by atoms with Crippen molar-refractivity contribution in [1.29, 1.82) is 0 Å². The molecule has 0 aromatic heterocycles. The zero-order chi connectivity index (χ0) is 18.0. The Kier molecular flexibility index (Phi) is 22.4. The average Bonchev–Trinajstić information content (AvgIpc) is 2.52. The number of esters is 1. The Morgan fingerprint density at radius 2 is 1.24 bits per heavy atom. The molecule has 2 atom stereocenters. The molecule has 25 heavy (non-hydrogen) atoms. The summed E-state index contributed by atoms with van der Waals surface area (Å²) in [6.45, 7) is 3.66. The van der Waals surface area contributed by atoms with Gasteiger partial charge in [-0.1, -0.05) is 77.6 Å². The van der Waals surface area contributed by atoms with Gasteiger partial charge in [0.1, 0.15) is 0 Å². The second-order valence-electron chi connectivity index (χ2n) is 6.96. The van der Waals surface area contributed by atoms with Gasteiger partial charge in [-0.15, -0.1) is 0 Å². The standard InChI is InChI=1S/C20H40O4.Au/c1-3-4-5-12-15-19(22)16-13-10-8-6-7-9-11-14-17-20(23)24-18(2)21;/h18-19,21-22H,3-17H2,1-2H3;. The van der Waals surface area contributed by atoms with E-state index in [1.54, 1.807) is 0 Å². The van der Waals surface area contributed by atoms with Crippen molar-refractivity contribution in [2.24, 2.45) is 0 Å². The predicted octanol–water partition coefficient (Wildman–Crippen LogP) is 5.10. The Morgan fingerprint density at radius 3 is 1.72 bits per heavy atom. The topological polar surface area (TPSA) is 66.8 Å². The number of aliphatic hydroxyl groups is 2. The first-order valence-corrected chi connectivity index (χ1v) is 10.1. The Balaban J connectivity index is 0. The number of hydrogen-bond donors (Lipinski definition) is 2. The summed E-state index contributed by atoms with van der Waals surface area (Å²) in [4.78, 5) is 11.2. The Labute approximate surface area is 170 Å². The van der Waals surface area contributed by atoms with Crippen LogP contribution in [-0.4, -0.2) is 28.6 Å². The minimum absolute atomic E-state index is 0. The van der Waals surface area contributed by atoms with Crippen molar-refractivity contribution < 1.29 is 42.1 Å². The molecule has 0 aromatic rings. The van der Waals surface area contributed by atoms with Gasteiger partial charge in [0, 0.05) is 28.8 Å². The van der Waals surface area contributed by atoms with Crippen LogP contribution >= 0.6 is 0 Å². The maximum atomic E-state index is 11.2. The molecule has 5 heteroatoms. The van der Waals surface area contributed by atoms with Crippen molar-refractivity contribution in [1.82, 2.24) is 0 Å². The van der Waals surface area contributed by atoms with E-state index in [1.807, 2.05) is 0 Å². The minimum atomic E-state index is -0.993. The number of unbranched alkanes of at least 4 members (excludes halogenated alkanes) is 10. The van der Waals surface area contributed by atoms with Crippen molar-refractivity contribution in [3.05, 3.63) is 0 Å². The van der Waals surface area contributed by atoms with Crippen molar-refractivity contribution in [3.63, 3.8) is 0 Å². The summed E-state index contributed by atoms with van der Waals surface area (Å²) >= 11 is 0. The summed E-state index contributed by atoms with van der Waals surface area (Å²) in [5, 5.41) is 18.8. The molecule has 0 saturated heterocycles. The van der Waals surface area contributed by atoms with Crippen LogP contribution in [0.1, 0.15) is 110 Å². The van der Waals surface area contributed by atoms with Crippen LogP contribution in [0.3, 0.4) is 0 Å². The summed E-state index contributed by atoms with van der Waals surface area (Å²) < 4.78 is 4.67. The molecule has 0 heterocycles. The first-order chi connectivity index (χ1) is 11.6. The molecule has 4 nitrogen and oxygen atoms in total. The molecule has 0 fully saturated rings. The van der Waals surface area contributed by atoms with Crippen LogP contribution in [0.2, 0.25) is 0 Å². The number of aliphatic hydroxyl groups excluding tert-OH is 2. The fourth-order valence-corrected chi connectivity index (χ4v) is 2.91. The van der Waals surface area contributed by atoms with E-state index >= 15 is 0 Å². The quantitative estimate of drug-likeness (QED) is 0.116. The van der Waals surface area contributed by atoms with E-state index in [9.17, 15) is 9.90 Å². The van der Waals surface area contributed by atoms with Gasteiger partial charge in [0.2, 0.25) is 0 Å². The van der Waals surface area contributed by atoms with Gasteiger partial charge in [-0.3, -0.25) is 4.79 Å². The molecular formula is C20H40AuO4. The van der Waals surface area contributed by atoms with Crippen molar-refractivity contribution >= 4 is 5.97 Å². The molecule has 0 bridgehead atoms. The number of hydrogen-bond acceptors (Lipinski definition) is 4. The average molecular weight is 542 g/mol. The first kappa shape index (κ1) is 27.4. The summed E-state index contributed by atoms with van der Waals surface area (Å²) in [6.07, 6.45) is 15.3. The van der Waals surface area contributed by atoms with Crippen LogP contribution in [0.25, 0.3) is 0 Å². The third-order valence-electron chi connectivity index (χ3n) is 4.36. The second kappa shape index (κ2) is 20.4. The normalized spacial score (nSPS) is 13.1. The van der Waals surface area contributed by atoms with Gasteiger partial charge in [0.25, 0.3) is 0 Å². The van der Waals surface area contributed by atoms with Crippen LogP contribution < -0.4 is 0 Å². The molecule has 2 N–H and O–H groups in total. The fourth-order valence-electron chi connectivity index (χ4n) is 2.91. The van der Waals surface area contributed by atoms with Gasteiger partial charge in [-0.2, -0.15) is 0 Å². The van der Waals surface area contributed by atoms with Crippen LogP contribution in [0.15, 0.2) is 0 Å². The van der Waals surface area contributed by atoms with E-state index in [0.717, 1.165) is 38.5 Å². The van der Waals surface area contributed by atoms with E-state index in [-0.39, 0.29) is 34.5 Å². The Bertz CT molecular complexity index is 285. The van der Waals surface area contributed by atoms with E-state index in [1.165, 1.54) is 58.3 Å². The molecule has 0 rings (SSSR count). The summed E-state index contributed by atoms with van der Waals surface area (Å²) in [7, 11) is 0. The van der Waals surface area contributed by atoms with E-state index < -0.39 is 6.29 Å². The molecular weight excluding hydrogens is 501 g/mol. The third kappa shape index (κ3) is 22.1. The molecule has 0 spiro atoms. The summed E-state index contributed by atoms with van der Waals surface area (Å²) in [5.41, 5.74) is 0. The van der Waals surface area contributed by atoms with Crippen LogP contribution in [0.4, 0.5) is 0 Å². The largest absolute Gasteiger partial charge is 0.436 e. The smallest absolute Gasteiger partial charge is 0.308 e. The second-order valence-corrected chi connectivity index (χ2v) is 6.96. The number of carbonyl (C=O) groups excluding carboxylic acids is 1. The summed E-state index contributed by atoms with van der Waals surface area (Å²) in [6, 6.07) is 0. The zero-order valence-corrected chi connectivity index (χ0v) is 18.4. The fraction of sp³-hybridized carbons (Fsp3) is 0.950. The molecule has 0 aliphatic heterocycles. The van der Waals surface area contributed by atoms with Gasteiger partial charge in [-0.05, 0) is 26.2 Å². The van der Waals surface area contributed by atoms with E-state index in [0.29, 0.717) is 6.42 Å². The van der Waals surface area contributed by atoms with Gasteiger partial charge < -0.3 is 14.9 Å². The molecule has 0 aliphatic rings. The number of rotatable bonds is 17. The van der Waals surface area contributed by atoms with Crippen molar-refractivity contribution in [2.75, 3.05) is 0 Å². The monoisotopic (exact) mass is 541 g/mol. The van der Waals surface area contributed by atoms with Crippen LogP contribution in [0, 0.1) is 0 Å². The Morgan fingerprint density at radius 1 is 0.800 bits per heavy atom. The molecule has 0 saturated carbocycles. The van der Waals surface area contributed by atoms with Gasteiger partial charge in [0.15, 0.2) is 6.29 Å². The maximum Gasteiger partial charge on any atom is 0.308 e. The first-order valence-electron chi connectivity index (χ1n) is 10.1. The van der Waals surface area contributed by atoms with Crippen LogP contribution in [-0.2, 0) is 31.9 Å². The maximum absolute atomic E-state index is 11.2. The predicted molar refractivity (Wildman–Crippen MR) is 98.7 cm³/mol. The van der Waals surface area contributed by atoms with E-state index in [4.69, 9.17) is 5.11 Å².